The van der Waals surface area contributed by atoms with Gasteiger partial charge in [0.05, 0.1) is 6.20 Å². The van der Waals surface area contributed by atoms with Crippen LogP contribution in [0.4, 0.5) is 0 Å². The van der Waals surface area contributed by atoms with Gasteiger partial charge in [0, 0.05) is 24.0 Å². The van der Waals surface area contributed by atoms with E-state index in [0.717, 1.165) is 5.56 Å². The van der Waals surface area contributed by atoms with E-state index >= 15 is 0 Å². The molecule has 0 unspecified atom stereocenters. The van der Waals surface area contributed by atoms with Crippen molar-refractivity contribution < 1.29 is 14.6 Å². The Kier molecular flexibility index (Phi) is 5.16. The van der Waals surface area contributed by atoms with E-state index in [9.17, 15) is 9.90 Å². The van der Waals surface area contributed by atoms with Crippen molar-refractivity contribution in [3.8, 4) is 5.75 Å². The van der Waals surface area contributed by atoms with Crippen LogP contribution in [0.25, 0.3) is 5.65 Å². The van der Waals surface area contributed by atoms with Gasteiger partial charge in [-0.3, -0.25) is 4.79 Å². The van der Waals surface area contributed by atoms with Crippen LogP contribution in [0.3, 0.4) is 0 Å². The highest BCUT2D eigenvalue weighted by atomic mass is 35.5. The Morgan fingerprint density at radius 2 is 2.12 bits per heavy atom. The van der Waals surface area contributed by atoms with E-state index in [0.29, 0.717) is 22.0 Å². The quantitative estimate of drug-likeness (QED) is 0.700. The molecule has 1 atom stereocenters. The number of benzene rings is 1. The third kappa shape index (κ3) is 4.26. The molecule has 0 saturated heterocycles. The zero-order valence-corrected chi connectivity index (χ0v) is 14.3. The maximum absolute atomic E-state index is 12.2. The number of aromatic nitrogens is 3. The number of aryl methyl sites for hydroxylation is 1. The minimum Gasteiger partial charge on any atom is -0.491 e. The van der Waals surface area contributed by atoms with E-state index in [4.69, 9.17) is 16.3 Å². The minimum atomic E-state index is -0.850. The van der Waals surface area contributed by atoms with Crippen LogP contribution in [0.15, 0.2) is 42.9 Å². The van der Waals surface area contributed by atoms with Crippen molar-refractivity contribution in [1.82, 2.24) is 19.9 Å². The number of hydrogen-bond acceptors (Lipinski definition) is 5. The van der Waals surface area contributed by atoms with Crippen molar-refractivity contribution in [1.29, 1.82) is 0 Å². The number of halogens is 1. The van der Waals surface area contributed by atoms with Crippen LogP contribution in [0.2, 0.25) is 5.02 Å². The summed E-state index contributed by atoms with van der Waals surface area (Å²) in [5.74, 6) is 0.244. The predicted molar refractivity (Wildman–Crippen MR) is 93.0 cm³/mol. The second-order valence-corrected chi connectivity index (χ2v) is 6.02. The van der Waals surface area contributed by atoms with Gasteiger partial charge in [-0.05, 0) is 36.8 Å². The fourth-order valence-electron chi connectivity index (χ4n) is 2.22. The molecule has 0 aliphatic heterocycles. The molecule has 1 aromatic carbocycles. The van der Waals surface area contributed by atoms with Crippen LogP contribution in [0.1, 0.15) is 15.9 Å². The van der Waals surface area contributed by atoms with Crippen molar-refractivity contribution in [2.24, 2.45) is 0 Å². The van der Waals surface area contributed by atoms with Gasteiger partial charge >= 0.3 is 0 Å². The summed E-state index contributed by atoms with van der Waals surface area (Å²) in [5.41, 5.74) is 1.76. The molecular weight excluding hydrogens is 344 g/mol. The molecule has 2 heterocycles. The maximum Gasteiger partial charge on any atom is 0.256 e. The average molecular weight is 361 g/mol. The number of nitrogens with zero attached hydrogens (tertiary/aromatic N) is 3. The third-order valence-corrected chi connectivity index (χ3v) is 3.74. The molecule has 0 spiro atoms. The maximum atomic E-state index is 12.2. The van der Waals surface area contributed by atoms with Crippen LogP contribution in [-0.4, -0.2) is 44.9 Å². The van der Waals surface area contributed by atoms with Crippen LogP contribution in [-0.2, 0) is 0 Å². The van der Waals surface area contributed by atoms with E-state index in [1.165, 1.54) is 6.20 Å². The molecule has 0 radical (unpaired) electrons. The number of hydrogen-bond donors (Lipinski definition) is 2. The predicted octanol–water partition coefficient (Wildman–Crippen LogP) is 1.86. The zero-order valence-electron chi connectivity index (χ0n) is 13.5. The first-order valence-corrected chi connectivity index (χ1v) is 8.05. The van der Waals surface area contributed by atoms with Crippen LogP contribution in [0.5, 0.6) is 5.75 Å². The van der Waals surface area contributed by atoms with Gasteiger partial charge in [-0.15, -0.1) is 0 Å². The Morgan fingerprint density at radius 3 is 2.88 bits per heavy atom. The van der Waals surface area contributed by atoms with Gasteiger partial charge in [0.1, 0.15) is 24.0 Å². The van der Waals surface area contributed by atoms with Gasteiger partial charge in [0.2, 0.25) is 0 Å². The topological polar surface area (TPSA) is 88.8 Å². The lowest BCUT2D eigenvalue weighted by molar-refractivity contribution is 0.0845. The van der Waals surface area contributed by atoms with E-state index in [-0.39, 0.29) is 19.1 Å². The van der Waals surface area contributed by atoms with E-state index in [1.54, 1.807) is 41.2 Å². The summed E-state index contributed by atoms with van der Waals surface area (Å²) < 4.78 is 6.99. The lowest BCUT2D eigenvalue weighted by Gasteiger charge is -2.13. The second-order valence-electron chi connectivity index (χ2n) is 5.59. The molecule has 0 fully saturated rings. The third-order valence-electron chi connectivity index (χ3n) is 3.48. The highest BCUT2D eigenvalue weighted by Crippen LogP contribution is 2.15. The number of amides is 1. The first kappa shape index (κ1) is 17.2. The summed E-state index contributed by atoms with van der Waals surface area (Å²) in [6, 6.07) is 6.82. The van der Waals surface area contributed by atoms with Crippen molar-refractivity contribution in [3.05, 3.63) is 59.0 Å². The molecule has 0 saturated carbocycles. The van der Waals surface area contributed by atoms with Gasteiger partial charge in [-0.1, -0.05) is 11.6 Å². The Hall–Kier alpha value is -2.64. The fourth-order valence-corrected chi connectivity index (χ4v) is 2.34. The Balaban J connectivity index is 1.53. The number of fused-ring (bicyclic) bond motifs is 1. The summed E-state index contributed by atoms with van der Waals surface area (Å²) >= 11 is 5.79. The molecule has 0 aliphatic carbocycles. The largest absolute Gasteiger partial charge is 0.491 e. The van der Waals surface area contributed by atoms with Crippen molar-refractivity contribution in [2.75, 3.05) is 13.2 Å². The molecule has 25 heavy (non-hydrogen) atoms. The van der Waals surface area contributed by atoms with Crippen molar-refractivity contribution >= 4 is 23.2 Å². The SMILES string of the molecule is Cc1cnc2c(C(=O)NC[C@@H](O)COc3ccc(Cl)cc3)cnn2c1. The first-order valence-electron chi connectivity index (χ1n) is 7.67. The van der Waals surface area contributed by atoms with E-state index in [1.807, 2.05) is 6.92 Å². The molecule has 3 rings (SSSR count). The second kappa shape index (κ2) is 7.50. The monoisotopic (exact) mass is 360 g/mol. The molecule has 3 aromatic rings. The molecular formula is C17H17ClN4O3. The van der Waals surface area contributed by atoms with Crippen LogP contribution >= 0.6 is 11.6 Å². The van der Waals surface area contributed by atoms with Gasteiger partial charge in [0.25, 0.3) is 5.91 Å². The number of aliphatic hydroxyl groups excluding tert-OH is 1. The lowest BCUT2D eigenvalue weighted by atomic mass is 10.3. The van der Waals surface area contributed by atoms with Gasteiger partial charge in [-0.25, -0.2) is 9.50 Å². The number of nitrogens with one attached hydrogen (secondary N) is 1. The fraction of sp³-hybridized carbons (Fsp3) is 0.235. The number of carbonyl (C=O) groups is 1. The normalized spacial score (nSPS) is 12.1. The minimum absolute atomic E-state index is 0.0497. The van der Waals surface area contributed by atoms with E-state index in [2.05, 4.69) is 15.4 Å². The molecule has 2 aromatic heterocycles. The average Bonchev–Trinajstić information content (AvgIpc) is 3.02. The molecule has 1 amide bonds. The zero-order chi connectivity index (χ0) is 17.8. The molecule has 8 heteroatoms. The summed E-state index contributed by atoms with van der Waals surface area (Å²) in [4.78, 5) is 16.5. The number of ether oxygens (including phenoxy) is 1. The Morgan fingerprint density at radius 1 is 1.36 bits per heavy atom. The van der Waals surface area contributed by atoms with Crippen molar-refractivity contribution in [3.63, 3.8) is 0 Å². The Labute approximate surface area is 149 Å². The summed E-state index contributed by atoms with van der Waals surface area (Å²) in [6.07, 6.45) is 4.06. The summed E-state index contributed by atoms with van der Waals surface area (Å²) in [7, 11) is 0. The number of carbonyl (C=O) groups excluding carboxylic acids is 1. The summed E-state index contributed by atoms with van der Waals surface area (Å²) in [6.45, 7) is 1.99. The first-order chi connectivity index (χ1) is 12.0. The standard InChI is InChI=1S/C17H17ClN4O3/c1-11-6-19-16-15(8-21-22(16)9-11)17(24)20-7-13(23)10-25-14-4-2-12(18)3-5-14/h2-6,8-9,13,23H,7,10H2,1H3,(H,20,24)/t13-/m1/s1. The lowest BCUT2D eigenvalue weighted by Crippen LogP contribution is -2.35. The number of rotatable bonds is 6. The highest BCUT2D eigenvalue weighted by molar-refractivity contribution is 6.30. The Bertz CT molecular complexity index is 879. The molecule has 0 bridgehead atoms. The van der Waals surface area contributed by atoms with Gasteiger partial charge in [0.15, 0.2) is 5.65 Å². The summed E-state index contributed by atoms with van der Waals surface area (Å²) in [5, 5.41) is 17.3. The molecule has 130 valence electrons. The van der Waals surface area contributed by atoms with Gasteiger partial charge in [-0.2, -0.15) is 5.10 Å². The smallest absolute Gasteiger partial charge is 0.256 e. The van der Waals surface area contributed by atoms with Crippen LogP contribution < -0.4 is 10.1 Å². The highest BCUT2D eigenvalue weighted by Gasteiger charge is 2.15. The van der Waals surface area contributed by atoms with Gasteiger partial charge < -0.3 is 15.2 Å². The molecule has 7 nitrogen and oxygen atoms in total. The molecule has 0 aliphatic rings. The molecule has 2 N–H and O–H groups in total. The van der Waals surface area contributed by atoms with E-state index < -0.39 is 6.10 Å². The van der Waals surface area contributed by atoms with Crippen molar-refractivity contribution in [2.45, 2.75) is 13.0 Å². The number of aliphatic hydroxyl groups is 1. The van der Waals surface area contributed by atoms with Crippen LogP contribution in [0, 0.1) is 6.92 Å².